The van der Waals surface area contributed by atoms with Gasteiger partial charge in [-0.2, -0.15) is 0 Å². The molecule has 1 fully saturated rings. The molecule has 1 rings (SSSR count). The molecular weight excluding hydrogens is 181 g/mol. The lowest BCUT2D eigenvalue weighted by molar-refractivity contribution is -0.112. The summed E-state index contributed by atoms with van der Waals surface area (Å²) in [6, 6.07) is 0. The van der Waals surface area contributed by atoms with Gasteiger partial charge in [0, 0.05) is 19.6 Å². The number of allylic oxidation sites excluding steroid dienone is 1. The Hall–Kier alpha value is -0.700. The molecule has 1 aliphatic heterocycles. The Balaban J connectivity index is 0.000000791. The van der Waals surface area contributed by atoms with E-state index in [4.69, 9.17) is 0 Å². The second kappa shape index (κ2) is 7.68. The summed E-state index contributed by atoms with van der Waals surface area (Å²) in [5, 5.41) is 0. The average Bonchev–Trinajstić information content (AvgIpc) is 2.54. The molecule has 14 heavy (non-hydrogen) atoms. The van der Waals surface area contributed by atoms with Crippen molar-refractivity contribution in [3.05, 3.63) is 12.2 Å². The zero-order valence-electron chi connectivity index (χ0n) is 9.29. The van der Waals surface area contributed by atoms with Crippen molar-refractivity contribution in [1.29, 1.82) is 0 Å². The zero-order chi connectivity index (χ0) is 11.0. The molecule has 0 amide bonds. The molecule has 0 aromatic heterocycles. The number of likely N-dealkylation sites (tertiary alicyclic amines) is 1. The van der Waals surface area contributed by atoms with Crippen molar-refractivity contribution in [3.63, 3.8) is 0 Å². The fraction of sp³-hybridized carbons (Fsp3) is 0.727. The van der Waals surface area contributed by atoms with E-state index in [0.717, 1.165) is 6.54 Å². The number of carbonyl (C=O) groups excluding carboxylic acids is 1. The Bertz CT molecular complexity index is 192. The van der Waals surface area contributed by atoms with Crippen LogP contribution in [0.3, 0.4) is 0 Å². The van der Waals surface area contributed by atoms with Crippen molar-refractivity contribution < 1.29 is 9.18 Å². The van der Waals surface area contributed by atoms with Gasteiger partial charge in [0.2, 0.25) is 0 Å². The van der Waals surface area contributed by atoms with Crippen LogP contribution in [-0.4, -0.2) is 36.5 Å². The molecular formula is C11H20FNO. The van der Waals surface area contributed by atoms with Crippen molar-refractivity contribution >= 4 is 5.78 Å². The maximum Gasteiger partial charge on any atom is 0.152 e. The lowest BCUT2D eigenvalue weighted by Crippen LogP contribution is -2.20. The van der Waals surface area contributed by atoms with E-state index in [1.165, 1.54) is 13.0 Å². The SMILES string of the molecule is CC.CC(=O)/C=C/CN1CC[C@H](F)C1. The fourth-order valence-corrected chi connectivity index (χ4v) is 1.32. The van der Waals surface area contributed by atoms with Crippen LogP contribution >= 0.6 is 0 Å². The van der Waals surface area contributed by atoms with Crippen LogP contribution in [0.1, 0.15) is 27.2 Å². The number of hydrogen-bond acceptors (Lipinski definition) is 2. The van der Waals surface area contributed by atoms with Gasteiger partial charge in [-0.15, -0.1) is 0 Å². The number of nitrogens with zero attached hydrogens (tertiary/aromatic N) is 1. The molecule has 1 atom stereocenters. The molecule has 0 saturated carbocycles. The topological polar surface area (TPSA) is 20.3 Å². The van der Waals surface area contributed by atoms with E-state index < -0.39 is 6.17 Å². The summed E-state index contributed by atoms with van der Waals surface area (Å²) >= 11 is 0. The van der Waals surface area contributed by atoms with Gasteiger partial charge in [0.15, 0.2) is 5.78 Å². The number of rotatable bonds is 3. The van der Waals surface area contributed by atoms with Crippen LogP contribution in [-0.2, 0) is 4.79 Å². The summed E-state index contributed by atoms with van der Waals surface area (Å²) in [5.41, 5.74) is 0. The highest BCUT2D eigenvalue weighted by molar-refractivity contribution is 5.87. The molecule has 0 aromatic rings. The number of ketones is 1. The van der Waals surface area contributed by atoms with Gasteiger partial charge in [-0.25, -0.2) is 4.39 Å². The fourth-order valence-electron chi connectivity index (χ4n) is 1.32. The third-order valence-corrected chi connectivity index (χ3v) is 1.93. The van der Waals surface area contributed by atoms with Crippen molar-refractivity contribution in [2.24, 2.45) is 0 Å². The minimum Gasteiger partial charge on any atom is -0.297 e. The van der Waals surface area contributed by atoms with Crippen LogP contribution in [0.25, 0.3) is 0 Å². The molecule has 0 unspecified atom stereocenters. The smallest absolute Gasteiger partial charge is 0.152 e. The van der Waals surface area contributed by atoms with Crippen molar-refractivity contribution in [3.8, 4) is 0 Å². The van der Waals surface area contributed by atoms with E-state index >= 15 is 0 Å². The van der Waals surface area contributed by atoms with Crippen LogP contribution in [0.4, 0.5) is 4.39 Å². The van der Waals surface area contributed by atoms with Crippen LogP contribution < -0.4 is 0 Å². The van der Waals surface area contributed by atoms with Crippen LogP contribution in [0, 0.1) is 0 Å². The van der Waals surface area contributed by atoms with Gasteiger partial charge < -0.3 is 0 Å². The normalized spacial score (nSPS) is 22.1. The highest BCUT2D eigenvalue weighted by Gasteiger charge is 2.19. The van der Waals surface area contributed by atoms with Crippen molar-refractivity contribution in [2.75, 3.05) is 19.6 Å². The molecule has 2 nitrogen and oxygen atoms in total. The standard InChI is InChI=1S/C9H14FNO.C2H6/c1-8(12)3-2-5-11-6-4-9(10)7-11;1-2/h2-3,9H,4-7H2,1H3;1-2H3/b3-2+;/t9-;/m0./s1. The first-order valence-corrected chi connectivity index (χ1v) is 5.22. The third-order valence-electron chi connectivity index (χ3n) is 1.93. The minimum absolute atomic E-state index is 0.0472. The Kier molecular flexibility index (Phi) is 7.30. The molecule has 0 aromatic carbocycles. The second-order valence-corrected chi connectivity index (χ2v) is 3.16. The first-order valence-electron chi connectivity index (χ1n) is 5.22. The Morgan fingerprint density at radius 3 is 2.64 bits per heavy atom. The Labute approximate surface area is 85.8 Å². The molecule has 3 heteroatoms. The zero-order valence-corrected chi connectivity index (χ0v) is 9.29. The predicted molar refractivity (Wildman–Crippen MR) is 57.1 cm³/mol. The summed E-state index contributed by atoms with van der Waals surface area (Å²) < 4.78 is 12.6. The van der Waals surface area contributed by atoms with Crippen LogP contribution in [0.5, 0.6) is 0 Å². The van der Waals surface area contributed by atoms with Gasteiger partial charge >= 0.3 is 0 Å². The van der Waals surface area contributed by atoms with Gasteiger partial charge in [0.1, 0.15) is 6.17 Å². The van der Waals surface area contributed by atoms with Gasteiger partial charge in [-0.3, -0.25) is 9.69 Å². The predicted octanol–water partition coefficient (Wildman–Crippen LogP) is 2.20. The molecule has 82 valence electrons. The van der Waals surface area contributed by atoms with E-state index in [-0.39, 0.29) is 5.78 Å². The summed E-state index contributed by atoms with van der Waals surface area (Å²) in [6.45, 7) is 7.53. The second-order valence-electron chi connectivity index (χ2n) is 3.16. The molecule has 0 aliphatic carbocycles. The van der Waals surface area contributed by atoms with E-state index in [0.29, 0.717) is 19.5 Å². The van der Waals surface area contributed by atoms with E-state index in [2.05, 4.69) is 0 Å². The van der Waals surface area contributed by atoms with Gasteiger partial charge in [0.05, 0.1) is 0 Å². The van der Waals surface area contributed by atoms with Gasteiger partial charge in [-0.1, -0.05) is 19.9 Å². The Morgan fingerprint density at radius 2 is 2.21 bits per heavy atom. The summed E-state index contributed by atoms with van der Waals surface area (Å²) in [6.07, 6.45) is 3.29. The van der Waals surface area contributed by atoms with Crippen LogP contribution in [0.2, 0.25) is 0 Å². The summed E-state index contributed by atoms with van der Waals surface area (Å²) in [4.78, 5) is 12.5. The third kappa shape index (κ3) is 5.86. The van der Waals surface area contributed by atoms with E-state index in [9.17, 15) is 9.18 Å². The largest absolute Gasteiger partial charge is 0.297 e. The average molecular weight is 201 g/mol. The molecule has 0 N–H and O–H groups in total. The summed E-state index contributed by atoms with van der Waals surface area (Å²) in [5.74, 6) is 0.0472. The van der Waals surface area contributed by atoms with E-state index in [1.807, 2.05) is 18.7 Å². The number of carbonyl (C=O) groups is 1. The molecule has 1 aliphatic rings. The minimum atomic E-state index is -0.671. The first-order chi connectivity index (χ1) is 6.68. The van der Waals surface area contributed by atoms with Crippen molar-refractivity contribution in [1.82, 2.24) is 4.90 Å². The molecule has 0 radical (unpaired) electrons. The molecule has 0 spiro atoms. The molecule has 1 saturated heterocycles. The number of halogens is 1. The Morgan fingerprint density at radius 1 is 1.57 bits per heavy atom. The number of alkyl halides is 1. The summed E-state index contributed by atoms with van der Waals surface area (Å²) in [7, 11) is 0. The maximum absolute atomic E-state index is 12.6. The molecule has 0 bridgehead atoms. The monoisotopic (exact) mass is 201 g/mol. The van der Waals surface area contributed by atoms with E-state index in [1.54, 1.807) is 6.08 Å². The lowest BCUT2D eigenvalue weighted by atomic mass is 10.3. The highest BCUT2D eigenvalue weighted by atomic mass is 19.1. The van der Waals surface area contributed by atoms with Gasteiger partial charge in [-0.05, 0) is 19.4 Å². The van der Waals surface area contributed by atoms with Crippen LogP contribution in [0.15, 0.2) is 12.2 Å². The number of hydrogen-bond donors (Lipinski definition) is 0. The maximum atomic E-state index is 12.6. The first kappa shape index (κ1) is 13.3. The lowest BCUT2D eigenvalue weighted by Gasteiger charge is -2.10. The van der Waals surface area contributed by atoms with Crippen molar-refractivity contribution in [2.45, 2.75) is 33.4 Å². The highest BCUT2D eigenvalue weighted by Crippen LogP contribution is 2.11. The molecule has 1 heterocycles. The quantitative estimate of drug-likeness (QED) is 0.652. The van der Waals surface area contributed by atoms with Gasteiger partial charge in [0.25, 0.3) is 0 Å².